The fraction of sp³-hybridized carbons (Fsp3) is 1.00. The van der Waals surface area contributed by atoms with Crippen LogP contribution >= 0.6 is 31.9 Å². The maximum Gasteiger partial charge on any atom is 0.106 e. The third-order valence-corrected chi connectivity index (χ3v) is 3.58. The Hall–Kier alpha value is 0.920. The standard InChI is InChI=1S/C6H10Br2O/c7-6(8)4-2-1-3-5(6)9/h5,9H,1-4H2. The zero-order valence-corrected chi connectivity index (χ0v) is 8.28. The number of aliphatic hydroxyl groups excluding tert-OH is 1. The smallest absolute Gasteiger partial charge is 0.106 e. The zero-order chi connectivity index (χ0) is 6.91. The van der Waals surface area contributed by atoms with Gasteiger partial charge in [-0.15, -0.1) is 0 Å². The Labute approximate surface area is 72.1 Å². The molecule has 0 bridgehead atoms. The van der Waals surface area contributed by atoms with Gasteiger partial charge in [-0.1, -0.05) is 44.7 Å². The van der Waals surface area contributed by atoms with Crippen molar-refractivity contribution >= 4 is 31.9 Å². The minimum atomic E-state index is -0.216. The maximum absolute atomic E-state index is 9.34. The van der Waals surface area contributed by atoms with Crippen LogP contribution in [0.2, 0.25) is 0 Å². The number of hydrogen-bond acceptors (Lipinski definition) is 1. The van der Waals surface area contributed by atoms with Gasteiger partial charge in [0.25, 0.3) is 0 Å². The Balaban J connectivity index is 2.49. The molecule has 3 heteroatoms. The summed E-state index contributed by atoms with van der Waals surface area (Å²) in [5.41, 5.74) is 0. The van der Waals surface area contributed by atoms with Crippen LogP contribution in [-0.2, 0) is 0 Å². The van der Waals surface area contributed by atoms with Gasteiger partial charge in [0.1, 0.15) is 3.23 Å². The summed E-state index contributed by atoms with van der Waals surface area (Å²) in [6, 6.07) is 0. The van der Waals surface area contributed by atoms with Gasteiger partial charge < -0.3 is 5.11 Å². The number of aliphatic hydroxyl groups is 1. The third-order valence-electron chi connectivity index (χ3n) is 1.73. The van der Waals surface area contributed by atoms with Crippen LogP contribution in [0, 0.1) is 0 Å². The molecule has 9 heavy (non-hydrogen) atoms. The molecule has 0 aliphatic heterocycles. The predicted molar refractivity (Wildman–Crippen MR) is 45.1 cm³/mol. The summed E-state index contributed by atoms with van der Waals surface area (Å²) in [6.45, 7) is 0. The molecule has 1 N–H and O–H groups in total. The highest BCUT2D eigenvalue weighted by Gasteiger charge is 2.34. The molecule has 54 valence electrons. The number of hydrogen-bond donors (Lipinski definition) is 1. The molecule has 1 fully saturated rings. The van der Waals surface area contributed by atoms with Crippen molar-refractivity contribution in [3.05, 3.63) is 0 Å². The SMILES string of the molecule is OC1CCCCC1(Br)Br. The first kappa shape index (κ1) is 8.02. The molecular formula is C6H10Br2O. The largest absolute Gasteiger partial charge is 0.391 e. The molecule has 0 saturated heterocycles. The van der Waals surface area contributed by atoms with Gasteiger partial charge in [-0.2, -0.15) is 0 Å². The Kier molecular flexibility index (Phi) is 2.57. The fourth-order valence-corrected chi connectivity index (χ4v) is 2.09. The van der Waals surface area contributed by atoms with E-state index >= 15 is 0 Å². The quantitative estimate of drug-likeness (QED) is 0.661. The lowest BCUT2D eigenvalue weighted by Gasteiger charge is -2.30. The van der Waals surface area contributed by atoms with Crippen LogP contribution in [0.3, 0.4) is 0 Å². The van der Waals surface area contributed by atoms with Gasteiger partial charge in [-0.3, -0.25) is 0 Å². The first-order chi connectivity index (χ1) is 4.13. The molecule has 1 unspecified atom stereocenters. The van der Waals surface area contributed by atoms with Crippen molar-refractivity contribution in [1.29, 1.82) is 0 Å². The van der Waals surface area contributed by atoms with E-state index in [0.29, 0.717) is 0 Å². The van der Waals surface area contributed by atoms with Crippen LogP contribution in [0.25, 0.3) is 0 Å². The van der Waals surface area contributed by atoms with Crippen molar-refractivity contribution in [3.8, 4) is 0 Å². The van der Waals surface area contributed by atoms with E-state index in [2.05, 4.69) is 31.9 Å². The van der Waals surface area contributed by atoms with Gasteiger partial charge in [0.2, 0.25) is 0 Å². The van der Waals surface area contributed by atoms with Crippen molar-refractivity contribution in [1.82, 2.24) is 0 Å². The summed E-state index contributed by atoms with van der Waals surface area (Å²) >= 11 is 6.85. The van der Waals surface area contributed by atoms with Crippen molar-refractivity contribution in [2.75, 3.05) is 0 Å². The predicted octanol–water partition coefficient (Wildman–Crippen LogP) is 2.41. The van der Waals surface area contributed by atoms with Gasteiger partial charge in [-0.05, 0) is 12.8 Å². The molecule has 0 spiro atoms. The first-order valence-electron chi connectivity index (χ1n) is 3.19. The van der Waals surface area contributed by atoms with Crippen molar-refractivity contribution in [2.24, 2.45) is 0 Å². The Bertz CT molecular complexity index is 103. The molecule has 0 radical (unpaired) electrons. The van der Waals surface area contributed by atoms with Crippen LogP contribution in [0.5, 0.6) is 0 Å². The minimum absolute atomic E-state index is 0.182. The number of halogens is 2. The van der Waals surface area contributed by atoms with Gasteiger partial charge >= 0.3 is 0 Å². The van der Waals surface area contributed by atoms with Crippen LogP contribution < -0.4 is 0 Å². The van der Waals surface area contributed by atoms with E-state index in [1.54, 1.807) is 0 Å². The van der Waals surface area contributed by atoms with Crippen LogP contribution in [0.1, 0.15) is 25.7 Å². The van der Waals surface area contributed by atoms with E-state index in [-0.39, 0.29) is 9.34 Å². The molecule has 1 saturated carbocycles. The second-order valence-corrected chi connectivity index (χ2v) is 6.42. The zero-order valence-electron chi connectivity index (χ0n) is 5.11. The lowest BCUT2D eigenvalue weighted by Crippen LogP contribution is -2.33. The van der Waals surface area contributed by atoms with Gasteiger partial charge in [-0.25, -0.2) is 0 Å². The highest BCUT2D eigenvalue weighted by molar-refractivity contribution is 9.25. The van der Waals surface area contributed by atoms with E-state index in [1.807, 2.05) is 0 Å². The molecule has 0 heterocycles. The van der Waals surface area contributed by atoms with Gasteiger partial charge in [0.05, 0.1) is 6.10 Å². The van der Waals surface area contributed by atoms with Crippen LogP contribution in [0.15, 0.2) is 0 Å². The summed E-state index contributed by atoms with van der Waals surface area (Å²) in [6.07, 6.45) is 4.07. The average Bonchev–Trinajstić information content (AvgIpc) is 1.77. The molecule has 1 nitrogen and oxygen atoms in total. The Morgan fingerprint density at radius 1 is 1.33 bits per heavy atom. The molecule has 0 aromatic rings. The molecule has 1 atom stereocenters. The molecule has 0 amide bonds. The lowest BCUT2D eigenvalue weighted by molar-refractivity contribution is 0.130. The molecular weight excluding hydrogens is 248 g/mol. The third kappa shape index (κ3) is 1.92. The van der Waals surface area contributed by atoms with E-state index < -0.39 is 0 Å². The highest BCUT2D eigenvalue weighted by Crippen LogP contribution is 2.41. The van der Waals surface area contributed by atoms with E-state index in [1.165, 1.54) is 6.42 Å². The summed E-state index contributed by atoms with van der Waals surface area (Å²) in [5.74, 6) is 0. The van der Waals surface area contributed by atoms with E-state index in [4.69, 9.17) is 0 Å². The number of rotatable bonds is 0. The van der Waals surface area contributed by atoms with E-state index in [0.717, 1.165) is 19.3 Å². The topological polar surface area (TPSA) is 20.2 Å². The molecule has 1 aliphatic rings. The van der Waals surface area contributed by atoms with Crippen LogP contribution in [0.4, 0.5) is 0 Å². The second-order valence-electron chi connectivity index (χ2n) is 2.52. The van der Waals surface area contributed by atoms with Crippen molar-refractivity contribution in [3.63, 3.8) is 0 Å². The summed E-state index contributed by atoms with van der Waals surface area (Å²) in [4.78, 5) is 0. The van der Waals surface area contributed by atoms with Gasteiger partial charge in [0.15, 0.2) is 0 Å². The molecule has 1 rings (SSSR count). The normalized spacial score (nSPS) is 34.3. The van der Waals surface area contributed by atoms with E-state index in [9.17, 15) is 5.11 Å². The second kappa shape index (κ2) is 2.89. The fourth-order valence-electron chi connectivity index (χ4n) is 1.08. The minimum Gasteiger partial charge on any atom is -0.391 e. The average molecular weight is 258 g/mol. The van der Waals surface area contributed by atoms with Crippen molar-refractivity contribution in [2.45, 2.75) is 35.0 Å². The first-order valence-corrected chi connectivity index (χ1v) is 4.77. The monoisotopic (exact) mass is 256 g/mol. The lowest BCUT2D eigenvalue weighted by atomic mass is 9.98. The highest BCUT2D eigenvalue weighted by atomic mass is 79.9. The Morgan fingerprint density at radius 2 is 2.00 bits per heavy atom. The van der Waals surface area contributed by atoms with Crippen LogP contribution in [-0.4, -0.2) is 14.4 Å². The van der Waals surface area contributed by atoms with Crippen molar-refractivity contribution < 1.29 is 5.11 Å². The number of alkyl halides is 2. The molecule has 0 aromatic heterocycles. The summed E-state index contributed by atoms with van der Waals surface area (Å²) in [5, 5.41) is 9.34. The molecule has 1 aliphatic carbocycles. The maximum atomic E-state index is 9.34. The Morgan fingerprint density at radius 3 is 2.33 bits per heavy atom. The van der Waals surface area contributed by atoms with Gasteiger partial charge in [0, 0.05) is 0 Å². The summed E-state index contributed by atoms with van der Waals surface area (Å²) < 4.78 is -0.182. The molecule has 0 aromatic carbocycles. The summed E-state index contributed by atoms with van der Waals surface area (Å²) in [7, 11) is 0.